The number of Topliss-reactive ketones (excluding diaryl/α,β-unsaturated/α-hetero) is 1. The molecule has 0 bridgehead atoms. The number of hydrogen-bond acceptors (Lipinski definition) is 4. The standard InChI is InChI=1S/C25H23ClF3NO2S/c1-13(31)10-16-4-6-18-14(2)19(7-8-20(16)18)24-30-12-23(33-24)17-5-9-22(21(26)11-17)32-15(3)25(27,28)29/h5,7-9,11-12,15-16H,4,6,10H2,1-3H3. The third-order valence-electron chi connectivity index (χ3n) is 6.07. The first-order valence-electron chi connectivity index (χ1n) is 10.7. The topological polar surface area (TPSA) is 39.2 Å². The predicted octanol–water partition coefficient (Wildman–Crippen LogP) is 7.78. The number of carbonyl (C=O) groups excluding carboxylic acids is 1. The van der Waals surface area contributed by atoms with Gasteiger partial charge in [-0.1, -0.05) is 23.7 Å². The van der Waals surface area contributed by atoms with Gasteiger partial charge in [-0.15, -0.1) is 11.3 Å². The number of halogens is 4. The molecule has 2 aromatic carbocycles. The van der Waals surface area contributed by atoms with E-state index in [9.17, 15) is 18.0 Å². The Morgan fingerprint density at radius 1 is 1.30 bits per heavy atom. The third-order valence-corrected chi connectivity index (χ3v) is 7.44. The van der Waals surface area contributed by atoms with Gasteiger partial charge in [0.05, 0.1) is 9.90 Å². The van der Waals surface area contributed by atoms with Gasteiger partial charge in [-0.2, -0.15) is 13.2 Å². The van der Waals surface area contributed by atoms with Gasteiger partial charge in [-0.05, 0) is 80.0 Å². The molecule has 174 valence electrons. The van der Waals surface area contributed by atoms with Crippen molar-refractivity contribution in [1.29, 1.82) is 0 Å². The molecular weight excluding hydrogens is 471 g/mol. The number of rotatable bonds is 6. The van der Waals surface area contributed by atoms with E-state index in [2.05, 4.69) is 24.0 Å². The number of ether oxygens (including phenoxy) is 1. The minimum atomic E-state index is -4.46. The highest BCUT2D eigenvalue weighted by Crippen LogP contribution is 2.42. The van der Waals surface area contributed by atoms with Crippen LogP contribution in [0.4, 0.5) is 13.2 Å². The van der Waals surface area contributed by atoms with Crippen LogP contribution in [0.5, 0.6) is 5.75 Å². The Morgan fingerprint density at radius 2 is 2.06 bits per heavy atom. The van der Waals surface area contributed by atoms with Gasteiger partial charge in [0.2, 0.25) is 0 Å². The Kier molecular flexibility index (Phi) is 6.56. The summed E-state index contributed by atoms with van der Waals surface area (Å²) in [5, 5.41) is 0.978. The number of nitrogens with zero attached hydrogens (tertiary/aromatic N) is 1. The van der Waals surface area contributed by atoms with Gasteiger partial charge < -0.3 is 9.53 Å². The van der Waals surface area contributed by atoms with Gasteiger partial charge in [0, 0.05) is 18.2 Å². The molecule has 1 heterocycles. The van der Waals surface area contributed by atoms with Crippen molar-refractivity contribution < 1.29 is 22.7 Å². The zero-order valence-electron chi connectivity index (χ0n) is 18.4. The van der Waals surface area contributed by atoms with Crippen LogP contribution in [0.25, 0.3) is 21.0 Å². The summed E-state index contributed by atoms with van der Waals surface area (Å²) in [7, 11) is 0. The lowest BCUT2D eigenvalue weighted by Gasteiger charge is -2.18. The Labute approximate surface area is 199 Å². The van der Waals surface area contributed by atoms with Crippen molar-refractivity contribution in [3.8, 4) is 26.8 Å². The number of alkyl halides is 3. The zero-order valence-corrected chi connectivity index (χ0v) is 20.0. The number of hydrogen-bond donors (Lipinski definition) is 0. The molecule has 4 rings (SSSR count). The van der Waals surface area contributed by atoms with Crippen LogP contribution in [0.15, 0.2) is 36.5 Å². The first kappa shape index (κ1) is 23.8. The van der Waals surface area contributed by atoms with E-state index in [0.717, 1.165) is 40.8 Å². The van der Waals surface area contributed by atoms with E-state index in [1.165, 1.54) is 34.1 Å². The highest BCUT2D eigenvalue weighted by Gasteiger charge is 2.38. The number of aromatic nitrogens is 1. The van der Waals surface area contributed by atoms with Gasteiger partial charge in [-0.25, -0.2) is 4.98 Å². The van der Waals surface area contributed by atoms with Gasteiger partial charge in [-0.3, -0.25) is 0 Å². The van der Waals surface area contributed by atoms with Crippen LogP contribution in [0.1, 0.15) is 49.3 Å². The van der Waals surface area contributed by atoms with Gasteiger partial charge in [0.1, 0.15) is 16.5 Å². The molecule has 0 amide bonds. The summed E-state index contributed by atoms with van der Waals surface area (Å²) in [6, 6.07) is 8.92. The van der Waals surface area contributed by atoms with Gasteiger partial charge in [0.15, 0.2) is 6.10 Å². The normalized spacial score (nSPS) is 16.5. The van der Waals surface area contributed by atoms with E-state index in [1.54, 1.807) is 25.3 Å². The van der Waals surface area contributed by atoms with E-state index in [1.807, 2.05) is 0 Å². The Balaban J connectivity index is 1.58. The van der Waals surface area contributed by atoms with Crippen molar-refractivity contribution in [2.75, 3.05) is 0 Å². The van der Waals surface area contributed by atoms with E-state index < -0.39 is 12.3 Å². The number of fused-ring (bicyclic) bond motifs is 1. The van der Waals surface area contributed by atoms with Crippen LogP contribution in [0.3, 0.4) is 0 Å². The molecule has 0 radical (unpaired) electrons. The molecule has 0 aliphatic heterocycles. The van der Waals surface area contributed by atoms with Crippen molar-refractivity contribution in [2.45, 2.75) is 58.2 Å². The minimum Gasteiger partial charge on any atom is -0.480 e. The number of carbonyl (C=O) groups is 1. The molecule has 0 saturated carbocycles. The molecule has 0 saturated heterocycles. The second-order valence-electron chi connectivity index (χ2n) is 8.42. The average molecular weight is 494 g/mol. The second-order valence-corrected chi connectivity index (χ2v) is 9.86. The van der Waals surface area contributed by atoms with Crippen molar-refractivity contribution in [1.82, 2.24) is 4.98 Å². The Hall–Kier alpha value is -2.38. The quantitative estimate of drug-likeness (QED) is 0.352. The molecule has 1 aliphatic rings. The number of benzene rings is 2. The monoisotopic (exact) mass is 493 g/mol. The fourth-order valence-corrected chi connectivity index (χ4v) is 5.52. The van der Waals surface area contributed by atoms with Crippen LogP contribution in [-0.4, -0.2) is 23.0 Å². The molecule has 1 aliphatic carbocycles. The first-order valence-corrected chi connectivity index (χ1v) is 11.9. The summed E-state index contributed by atoms with van der Waals surface area (Å²) in [5.41, 5.74) is 5.56. The third kappa shape index (κ3) is 4.94. The summed E-state index contributed by atoms with van der Waals surface area (Å²) in [6.07, 6.45) is -2.14. The average Bonchev–Trinajstić information content (AvgIpc) is 3.37. The van der Waals surface area contributed by atoms with Crippen LogP contribution in [0, 0.1) is 6.92 Å². The van der Waals surface area contributed by atoms with Crippen molar-refractivity contribution >= 4 is 28.7 Å². The molecule has 1 aromatic heterocycles. The molecule has 3 nitrogen and oxygen atoms in total. The molecular formula is C25H23ClF3NO2S. The SMILES string of the molecule is CC(=O)CC1CCc2c1ccc(-c1ncc(-c3ccc(OC(C)C(F)(F)F)c(Cl)c3)s1)c2C. The van der Waals surface area contributed by atoms with Crippen LogP contribution < -0.4 is 4.74 Å². The summed E-state index contributed by atoms with van der Waals surface area (Å²) < 4.78 is 43.3. The molecule has 3 aromatic rings. The maximum atomic E-state index is 12.8. The first-order chi connectivity index (χ1) is 15.5. The van der Waals surface area contributed by atoms with E-state index in [0.29, 0.717) is 12.3 Å². The maximum absolute atomic E-state index is 12.8. The molecule has 33 heavy (non-hydrogen) atoms. The smallest absolute Gasteiger partial charge is 0.425 e. The van der Waals surface area contributed by atoms with Crippen molar-refractivity contribution in [3.63, 3.8) is 0 Å². The number of ketones is 1. The van der Waals surface area contributed by atoms with Gasteiger partial charge >= 0.3 is 6.18 Å². The highest BCUT2D eigenvalue weighted by molar-refractivity contribution is 7.18. The fourth-order valence-electron chi connectivity index (χ4n) is 4.30. The summed E-state index contributed by atoms with van der Waals surface area (Å²) in [6.45, 7) is 4.68. The minimum absolute atomic E-state index is 0.00966. The molecule has 2 atom stereocenters. The molecule has 2 unspecified atom stereocenters. The molecule has 0 spiro atoms. The lowest BCUT2D eigenvalue weighted by Crippen LogP contribution is -2.31. The predicted molar refractivity (Wildman–Crippen MR) is 125 cm³/mol. The van der Waals surface area contributed by atoms with Crippen LogP contribution in [-0.2, 0) is 11.2 Å². The molecule has 0 fully saturated rings. The van der Waals surface area contributed by atoms with E-state index >= 15 is 0 Å². The summed E-state index contributed by atoms with van der Waals surface area (Å²) in [5.74, 6) is 0.492. The highest BCUT2D eigenvalue weighted by atomic mass is 35.5. The van der Waals surface area contributed by atoms with Gasteiger partial charge in [0.25, 0.3) is 0 Å². The Bertz CT molecular complexity index is 1200. The van der Waals surface area contributed by atoms with Crippen molar-refractivity contribution in [2.24, 2.45) is 0 Å². The lowest BCUT2D eigenvalue weighted by atomic mass is 9.93. The summed E-state index contributed by atoms with van der Waals surface area (Å²) >= 11 is 7.70. The van der Waals surface area contributed by atoms with Crippen LogP contribution in [0.2, 0.25) is 5.02 Å². The van der Waals surface area contributed by atoms with Crippen molar-refractivity contribution in [3.05, 3.63) is 58.2 Å². The second kappa shape index (κ2) is 9.11. The van der Waals surface area contributed by atoms with E-state index in [4.69, 9.17) is 16.3 Å². The fraction of sp³-hybridized carbons (Fsp3) is 0.360. The van der Waals surface area contributed by atoms with Crippen LogP contribution >= 0.6 is 22.9 Å². The molecule has 8 heteroatoms. The molecule has 0 N–H and O–H groups in total. The largest absolute Gasteiger partial charge is 0.480 e. The maximum Gasteiger partial charge on any atom is 0.425 e. The lowest BCUT2D eigenvalue weighted by molar-refractivity contribution is -0.189. The Morgan fingerprint density at radius 3 is 2.73 bits per heavy atom. The number of thiazole rings is 1. The van der Waals surface area contributed by atoms with E-state index in [-0.39, 0.29) is 16.6 Å². The summed E-state index contributed by atoms with van der Waals surface area (Å²) in [4.78, 5) is 17.0. The zero-order chi connectivity index (χ0) is 23.9.